The van der Waals surface area contributed by atoms with E-state index in [2.05, 4.69) is 5.32 Å². The number of carboxylic acid groups (broad SMARTS) is 1. The molecule has 0 atom stereocenters. The van der Waals surface area contributed by atoms with Crippen LogP contribution in [0.2, 0.25) is 0 Å². The van der Waals surface area contributed by atoms with Crippen molar-refractivity contribution in [3.63, 3.8) is 0 Å². The molecule has 1 aromatic rings. The van der Waals surface area contributed by atoms with E-state index in [-0.39, 0.29) is 23.8 Å². The Labute approximate surface area is 116 Å². The summed E-state index contributed by atoms with van der Waals surface area (Å²) in [4.78, 5) is 22.0. The lowest BCUT2D eigenvalue weighted by molar-refractivity contribution is -0.137. The van der Waals surface area contributed by atoms with E-state index in [1.807, 2.05) is 0 Å². The number of fused-ring (bicyclic) bond motifs is 1. The van der Waals surface area contributed by atoms with Gasteiger partial charge in [-0.2, -0.15) is 4.31 Å². The van der Waals surface area contributed by atoms with Crippen LogP contribution in [-0.2, 0) is 26.0 Å². The molecular weight excluding hydrogens is 284 g/mol. The molecule has 1 amide bonds. The zero-order valence-electron chi connectivity index (χ0n) is 10.8. The van der Waals surface area contributed by atoms with E-state index < -0.39 is 22.5 Å². The minimum Gasteiger partial charge on any atom is -0.480 e. The number of hydrogen-bond donors (Lipinski definition) is 2. The SMILES string of the molecule is CCN(CC(=O)O)S(=O)(=O)c1ccc2c(c1)CC(=O)N2. The van der Waals surface area contributed by atoms with Crippen LogP contribution < -0.4 is 5.32 Å². The Kier molecular flexibility index (Phi) is 3.78. The average Bonchev–Trinajstić information content (AvgIpc) is 2.74. The van der Waals surface area contributed by atoms with Crippen molar-refractivity contribution in [1.29, 1.82) is 0 Å². The maximum Gasteiger partial charge on any atom is 0.318 e. The first-order chi connectivity index (χ1) is 9.34. The van der Waals surface area contributed by atoms with Gasteiger partial charge in [-0.05, 0) is 23.8 Å². The van der Waals surface area contributed by atoms with Crippen LogP contribution in [0.3, 0.4) is 0 Å². The van der Waals surface area contributed by atoms with E-state index in [1.54, 1.807) is 6.92 Å². The molecule has 1 aliphatic rings. The summed E-state index contributed by atoms with van der Waals surface area (Å²) < 4.78 is 25.6. The fraction of sp³-hybridized carbons (Fsp3) is 0.333. The van der Waals surface area contributed by atoms with Gasteiger partial charge in [0.25, 0.3) is 0 Å². The molecule has 0 radical (unpaired) electrons. The summed E-state index contributed by atoms with van der Waals surface area (Å²) in [5.41, 5.74) is 1.19. The van der Waals surface area contributed by atoms with E-state index in [0.29, 0.717) is 11.3 Å². The summed E-state index contributed by atoms with van der Waals surface area (Å²) in [5.74, 6) is -1.40. The summed E-state index contributed by atoms with van der Waals surface area (Å²) in [6.45, 7) is 1.04. The summed E-state index contributed by atoms with van der Waals surface area (Å²) in [7, 11) is -3.87. The maximum absolute atomic E-state index is 12.3. The number of carbonyl (C=O) groups excluding carboxylic acids is 1. The number of anilines is 1. The molecule has 7 nitrogen and oxygen atoms in total. The first-order valence-corrected chi connectivity index (χ1v) is 7.43. The van der Waals surface area contributed by atoms with Gasteiger partial charge in [0.05, 0.1) is 11.3 Å². The van der Waals surface area contributed by atoms with Gasteiger partial charge in [-0.25, -0.2) is 8.42 Å². The Morgan fingerprint density at radius 3 is 2.75 bits per heavy atom. The molecule has 0 saturated carbocycles. The van der Waals surface area contributed by atoms with Crippen molar-refractivity contribution in [2.45, 2.75) is 18.2 Å². The van der Waals surface area contributed by atoms with E-state index in [1.165, 1.54) is 18.2 Å². The summed E-state index contributed by atoms with van der Waals surface area (Å²) in [6, 6.07) is 4.29. The lowest BCUT2D eigenvalue weighted by atomic mass is 10.2. The van der Waals surface area contributed by atoms with Gasteiger partial charge in [0.15, 0.2) is 0 Å². The number of rotatable bonds is 5. The van der Waals surface area contributed by atoms with E-state index in [4.69, 9.17) is 5.11 Å². The predicted octanol–water partition coefficient (Wildman–Crippen LogP) is 0.276. The van der Waals surface area contributed by atoms with Crippen molar-refractivity contribution < 1.29 is 23.1 Å². The van der Waals surface area contributed by atoms with Crippen molar-refractivity contribution in [1.82, 2.24) is 4.31 Å². The molecule has 2 N–H and O–H groups in total. The van der Waals surface area contributed by atoms with Gasteiger partial charge in [0.1, 0.15) is 6.54 Å². The van der Waals surface area contributed by atoms with Crippen molar-refractivity contribution >= 4 is 27.6 Å². The number of amides is 1. The highest BCUT2D eigenvalue weighted by atomic mass is 32.2. The minimum atomic E-state index is -3.87. The summed E-state index contributed by atoms with van der Waals surface area (Å²) in [5, 5.41) is 11.4. The Morgan fingerprint density at radius 1 is 1.45 bits per heavy atom. The highest BCUT2D eigenvalue weighted by Crippen LogP contribution is 2.27. The van der Waals surface area contributed by atoms with Crippen LogP contribution in [0.1, 0.15) is 12.5 Å². The van der Waals surface area contributed by atoms with E-state index in [0.717, 1.165) is 4.31 Å². The predicted molar refractivity (Wildman–Crippen MR) is 70.8 cm³/mol. The highest BCUT2D eigenvalue weighted by Gasteiger charge is 2.27. The number of aliphatic carboxylic acids is 1. The molecule has 2 rings (SSSR count). The van der Waals surface area contributed by atoms with Crippen LogP contribution in [0.5, 0.6) is 0 Å². The number of nitrogens with zero attached hydrogens (tertiary/aromatic N) is 1. The minimum absolute atomic E-state index is 0.00384. The molecule has 0 unspecified atom stereocenters. The first kappa shape index (κ1) is 14.5. The molecule has 1 heterocycles. The molecule has 1 aromatic carbocycles. The average molecular weight is 298 g/mol. The van der Waals surface area contributed by atoms with Gasteiger partial charge in [0, 0.05) is 12.2 Å². The number of benzene rings is 1. The highest BCUT2D eigenvalue weighted by molar-refractivity contribution is 7.89. The fourth-order valence-corrected chi connectivity index (χ4v) is 3.48. The van der Waals surface area contributed by atoms with Crippen molar-refractivity contribution in [2.75, 3.05) is 18.4 Å². The Bertz CT molecular complexity index is 668. The first-order valence-electron chi connectivity index (χ1n) is 5.99. The van der Waals surface area contributed by atoms with Gasteiger partial charge in [-0.15, -0.1) is 0 Å². The third-order valence-electron chi connectivity index (χ3n) is 3.00. The van der Waals surface area contributed by atoms with Crippen LogP contribution in [0.4, 0.5) is 5.69 Å². The fourth-order valence-electron chi connectivity index (χ4n) is 2.03. The zero-order valence-corrected chi connectivity index (χ0v) is 11.6. The van der Waals surface area contributed by atoms with Gasteiger partial charge in [0.2, 0.25) is 15.9 Å². The quantitative estimate of drug-likeness (QED) is 0.812. The number of carboxylic acids is 1. The Balaban J connectivity index is 2.37. The second-order valence-electron chi connectivity index (χ2n) is 4.37. The molecule has 1 aliphatic heterocycles. The van der Waals surface area contributed by atoms with E-state index >= 15 is 0 Å². The maximum atomic E-state index is 12.3. The molecule has 0 aromatic heterocycles. The van der Waals surface area contributed by atoms with E-state index in [9.17, 15) is 18.0 Å². The third-order valence-corrected chi connectivity index (χ3v) is 4.92. The van der Waals surface area contributed by atoms with Gasteiger partial charge in [-0.3, -0.25) is 9.59 Å². The van der Waals surface area contributed by atoms with Gasteiger partial charge in [-0.1, -0.05) is 6.92 Å². The lowest BCUT2D eigenvalue weighted by Crippen LogP contribution is -2.35. The molecule has 0 spiro atoms. The number of likely N-dealkylation sites (N-methyl/N-ethyl adjacent to an activating group) is 1. The lowest BCUT2D eigenvalue weighted by Gasteiger charge is -2.18. The number of sulfonamides is 1. The largest absolute Gasteiger partial charge is 0.480 e. The smallest absolute Gasteiger partial charge is 0.318 e. The molecule has 20 heavy (non-hydrogen) atoms. The number of nitrogens with one attached hydrogen (secondary N) is 1. The monoisotopic (exact) mass is 298 g/mol. The Hall–Kier alpha value is -1.93. The van der Waals surface area contributed by atoms with Crippen LogP contribution >= 0.6 is 0 Å². The van der Waals surface area contributed by atoms with Crippen LogP contribution in [0, 0.1) is 0 Å². The van der Waals surface area contributed by atoms with Crippen molar-refractivity contribution in [3.8, 4) is 0 Å². The molecule has 0 aliphatic carbocycles. The molecule has 8 heteroatoms. The summed E-state index contributed by atoms with van der Waals surface area (Å²) in [6.07, 6.45) is 0.129. The topological polar surface area (TPSA) is 104 Å². The Morgan fingerprint density at radius 2 is 2.15 bits per heavy atom. The second kappa shape index (κ2) is 5.22. The van der Waals surface area contributed by atoms with Gasteiger partial charge < -0.3 is 10.4 Å². The summed E-state index contributed by atoms with van der Waals surface area (Å²) >= 11 is 0. The standard InChI is InChI=1S/C12H14N2O5S/c1-2-14(7-12(16)17)20(18,19)9-3-4-10-8(5-9)6-11(15)13-10/h3-5H,2,6-7H2,1H3,(H,13,15)(H,16,17). The van der Waals surface area contributed by atoms with Crippen molar-refractivity contribution in [3.05, 3.63) is 23.8 Å². The normalized spacial score (nSPS) is 14.2. The van der Waals surface area contributed by atoms with Crippen molar-refractivity contribution in [2.24, 2.45) is 0 Å². The van der Waals surface area contributed by atoms with Crippen LogP contribution in [0.15, 0.2) is 23.1 Å². The number of hydrogen-bond acceptors (Lipinski definition) is 4. The second-order valence-corrected chi connectivity index (χ2v) is 6.31. The molecule has 0 saturated heterocycles. The van der Waals surface area contributed by atoms with Gasteiger partial charge >= 0.3 is 5.97 Å². The third kappa shape index (κ3) is 2.66. The zero-order chi connectivity index (χ0) is 14.9. The molecule has 108 valence electrons. The molecule has 0 fully saturated rings. The molecule has 0 bridgehead atoms. The van der Waals surface area contributed by atoms with Crippen LogP contribution in [0.25, 0.3) is 0 Å². The number of carbonyl (C=O) groups is 2. The van der Waals surface area contributed by atoms with Crippen LogP contribution in [-0.4, -0.2) is 42.8 Å². The molecular formula is C12H14N2O5S.